The van der Waals surface area contributed by atoms with Crippen LogP contribution < -0.4 is 5.32 Å². The summed E-state index contributed by atoms with van der Waals surface area (Å²) in [5.74, 6) is -0.0639. The van der Waals surface area contributed by atoms with Crippen molar-refractivity contribution < 1.29 is 14.3 Å². The van der Waals surface area contributed by atoms with Gasteiger partial charge in [0.1, 0.15) is 12.2 Å². The van der Waals surface area contributed by atoms with Crippen molar-refractivity contribution in [1.82, 2.24) is 5.32 Å². The summed E-state index contributed by atoms with van der Waals surface area (Å²) in [7, 11) is 1.63. The number of methoxy groups -OCH3 is 1. The van der Waals surface area contributed by atoms with Crippen LogP contribution in [0, 0.1) is 0 Å². The van der Waals surface area contributed by atoms with E-state index in [1.807, 2.05) is 31.2 Å². The predicted octanol–water partition coefficient (Wildman–Crippen LogP) is 2.71. The Morgan fingerprint density at radius 2 is 2.15 bits per heavy atom. The van der Waals surface area contributed by atoms with Crippen LogP contribution in [0.4, 0.5) is 0 Å². The first kappa shape index (κ1) is 15.3. The number of carbonyl (C=O) groups excluding carboxylic acids is 1. The zero-order chi connectivity index (χ0) is 14.5. The van der Waals surface area contributed by atoms with Gasteiger partial charge in [-0.2, -0.15) is 0 Å². The molecule has 20 heavy (non-hydrogen) atoms. The van der Waals surface area contributed by atoms with Crippen LogP contribution in [0.2, 0.25) is 5.02 Å². The summed E-state index contributed by atoms with van der Waals surface area (Å²) in [6, 6.07) is 7.31. The quantitative estimate of drug-likeness (QED) is 0.909. The molecule has 1 N–H and O–H groups in total. The number of benzene rings is 1. The zero-order valence-corrected chi connectivity index (χ0v) is 12.5. The molecule has 2 rings (SSSR count). The van der Waals surface area contributed by atoms with Crippen molar-refractivity contribution in [3.8, 4) is 0 Å². The molecule has 1 aliphatic rings. The summed E-state index contributed by atoms with van der Waals surface area (Å²) in [5, 5.41) is 3.64. The van der Waals surface area contributed by atoms with Gasteiger partial charge < -0.3 is 14.8 Å². The van der Waals surface area contributed by atoms with Gasteiger partial charge in [-0.15, -0.1) is 0 Å². The van der Waals surface area contributed by atoms with Crippen molar-refractivity contribution in [3.05, 3.63) is 34.9 Å². The summed E-state index contributed by atoms with van der Waals surface area (Å²) in [4.78, 5) is 12.0. The van der Waals surface area contributed by atoms with E-state index in [1.165, 1.54) is 0 Å². The van der Waals surface area contributed by atoms with Gasteiger partial charge in [-0.1, -0.05) is 23.7 Å². The van der Waals surface area contributed by atoms with Gasteiger partial charge >= 0.3 is 0 Å². The maximum atomic E-state index is 12.0. The minimum absolute atomic E-state index is 0.0639. The number of nitrogens with one attached hydrogen (secondary N) is 1. The second-order valence-corrected chi connectivity index (χ2v) is 5.44. The minimum atomic E-state index is -0.319. The van der Waals surface area contributed by atoms with E-state index in [0.29, 0.717) is 11.6 Å². The lowest BCUT2D eigenvalue weighted by molar-refractivity contribution is -0.131. The van der Waals surface area contributed by atoms with Crippen LogP contribution in [0.5, 0.6) is 0 Å². The summed E-state index contributed by atoms with van der Waals surface area (Å²) in [6.45, 7) is 2.59. The van der Waals surface area contributed by atoms with Crippen molar-refractivity contribution >= 4 is 17.5 Å². The Balaban J connectivity index is 1.99. The van der Waals surface area contributed by atoms with Crippen LogP contribution in [0.15, 0.2) is 24.3 Å². The number of carbonyl (C=O) groups is 1. The first-order valence-corrected chi connectivity index (χ1v) is 7.20. The molecule has 5 heteroatoms. The van der Waals surface area contributed by atoms with Gasteiger partial charge in [0.15, 0.2) is 0 Å². The standard InChI is InChI=1S/C15H20ClNO3/c1-10(17-15(18)13-4-3-9-20-13)14(19-2)11-5-7-12(16)8-6-11/h5-8,10,13-14H,3-4,9H2,1-2H3,(H,17,18)/t10-,13+,14-/m0/s1. The van der Waals surface area contributed by atoms with Gasteiger partial charge in [0.2, 0.25) is 5.91 Å². The molecule has 0 aromatic heterocycles. The smallest absolute Gasteiger partial charge is 0.249 e. The molecule has 0 radical (unpaired) electrons. The molecule has 110 valence electrons. The first-order valence-electron chi connectivity index (χ1n) is 6.82. The van der Waals surface area contributed by atoms with Gasteiger partial charge in [-0.3, -0.25) is 4.79 Å². The lowest BCUT2D eigenvalue weighted by Crippen LogP contribution is -2.43. The Hall–Kier alpha value is -1.10. The summed E-state index contributed by atoms with van der Waals surface area (Å²) in [6.07, 6.45) is 1.20. The van der Waals surface area contributed by atoms with Crippen molar-refractivity contribution in [2.45, 2.75) is 38.0 Å². The molecular weight excluding hydrogens is 278 g/mol. The summed E-state index contributed by atoms with van der Waals surface area (Å²) in [5.41, 5.74) is 0.983. The number of rotatable bonds is 5. The van der Waals surface area contributed by atoms with Gasteiger partial charge in [0.25, 0.3) is 0 Å². The topological polar surface area (TPSA) is 47.6 Å². The molecule has 4 nitrogen and oxygen atoms in total. The first-order chi connectivity index (χ1) is 9.61. The van der Waals surface area contributed by atoms with Crippen LogP contribution >= 0.6 is 11.6 Å². The number of hydrogen-bond donors (Lipinski definition) is 1. The fraction of sp³-hybridized carbons (Fsp3) is 0.533. The highest BCUT2D eigenvalue weighted by Crippen LogP contribution is 2.23. The molecule has 1 aromatic rings. The van der Waals surface area contributed by atoms with Crippen LogP contribution in [-0.4, -0.2) is 31.8 Å². The monoisotopic (exact) mass is 297 g/mol. The van der Waals surface area contributed by atoms with E-state index >= 15 is 0 Å². The SMILES string of the molecule is CO[C@H](c1ccc(Cl)cc1)[C@H](C)NC(=O)[C@H]1CCCO1. The highest BCUT2D eigenvalue weighted by Gasteiger charge is 2.27. The molecule has 0 aliphatic carbocycles. The van der Waals surface area contributed by atoms with Crippen LogP contribution in [0.1, 0.15) is 31.4 Å². The van der Waals surface area contributed by atoms with Crippen LogP contribution in [0.25, 0.3) is 0 Å². The van der Waals surface area contributed by atoms with Gasteiger partial charge in [0, 0.05) is 18.7 Å². The molecule has 0 saturated carbocycles. The van der Waals surface area contributed by atoms with Crippen LogP contribution in [-0.2, 0) is 14.3 Å². The summed E-state index contributed by atoms with van der Waals surface area (Å²) >= 11 is 5.88. The number of hydrogen-bond acceptors (Lipinski definition) is 3. The van der Waals surface area contributed by atoms with E-state index in [9.17, 15) is 4.79 Å². The van der Waals surface area contributed by atoms with Crippen molar-refractivity contribution in [1.29, 1.82) is 0 Å². The molecule has 3 atom stereocenters. The Labute approximate surface area is 124 Å². The van der Waals surface area contributed by atoms with Crippen molar-refractivity contribution in [2.75, 3.05) is 13.7 Å². The largest absolute Gasteiger partial charge is 0.375 e. The second-order valence-electron chi connectivity index (χ2n) is 5.01. The number of amides is 1. The predicted molar refractivity (Wildman–Crippen MR) is 77.8 cm³/mol. The third-order valence-electron chi connectivity index (χ3n) is 3.50. The maximum absolute atomic E-state index is 12.0. The van der Waals surface area contributed by atoms with Crippen molar-refractivity contribution in [3.63, 3.8) is 0 Å². The number of halogens is 1. The molecule has 0 unspecified atom stereocenters. The lowest BCUT2D eigenvalue weighted by Gasteiger charge is -2.25. The minimum Gasteiger partial charge on any atom is -0.375 e. The average Bonchev–Trinajstić information content (AvgIpc) is 2.96. The molecule has 1 aromatic carbocycles. The molecule has 0 bridgehead atoms. The van der Waals surface area contributed by atoms with Gasteiger partial charge in [-0.05, 0) is 37.5 Å². The second kappa shape index (κ2) is 7.07. The highest BCUT2D eigenvalue weighted by atomic mass is 35.5. The fourth-order valence-electron chi connectivity index (χ4n) is 2.46. The van der Waals surface area contributed by atoms with E-state index in [2.05, 4.69) is 5.32 Å². The normalized spacial score (nSPS) is 21.4. The maximum Gasteiger partial charge on any atom is 0.249 e. The molecule has 1 fully saturated rings. The molecule has 1 saturated heterocycles. The Kier molecular flexibility index (Phi) is 5.40. The van der Waals surface area contributed by atoms with E-state index in [4.69, 9.17) is 21.1 Å². The fourth-order valence-corrected chi connectivity index (χ4v) is 2.58. The Bertz CT molecular complexity index is 443. The highest BCUT2D eigenvalue weighted by molar-refractivity contribution is 6.30. The molecular formula is C15H20ClNO3. The van der Waals surface area contributed by atoms with E-state index in [0.717, 1.165) is 18.4 Å². The third-order valence-corrected chi connectivity index (χ3v) is 3.75. The third kappa shape index (κ3) is 3.72. The van der Waals surface area contributed by atoms with Crippen molar-refractivity contribution in [2.24, 2.45) is 0 Å². The molecule has 1 amide bonds. The van der Waals surface area contributed by atoms with E-state index < -0.39 is 0 Å². The lowest BCUT2D eigenvalue weighted by atomic mass is 10.0. The summed E-state index contributed by atoms with van der Waals surface area (Å²) < 4.78 is 10.9. The van der Waals surface area contributed by atoms with E-state index in [1.54, 1.807) is 7.11 Å². The molecule has 0 spiro atoms. The zero-order valence-electron chi connectivity index (χ0n) is 11.8. The molecule has 1 aliphatic heterocycles. The Morgan fingerprint density at radius 3 is 2.70 bits per heavy atom. The Morgan fingerprint density at radius 1 is 1.45 bits per heavy atom. The van der Waals surface area contributed by atoms with E-state index in [-0.39, 0.29) is 24.2 Å². The van der Waals surface area contributed by atoms with Gasteiger partial charge in [-0.25, -0.2) is 0 Å². The average molecular weight is 298 g/mol. The number of ether oxygens (including phenoxy) is 2. The molecule has 1 heterocycles. The van der Waals surface area contributed by atoms with Gasteiger partial charge in [0.05, 0.1) is 6.04 Å². The van der Waals surface area contributed by atoms with Crippen LogP contribution in [0.3, 0.4) is 0 Å².